The minimum Gasteiger partial charge on any atom is -0.481 e. The summed E-state index contributed by atoms with van der Waals surface area (Å²) in [4.78, 5) is 11.9. The average Bonchev–Trinajstić information content (AvgIpc) is 2.73. The predicted molar refractivity (Wildman–Crippen MR) is 126 cm³/mol. The highest BCUT2D eigenvalue weighted by Gasteiger charge is 2.51. The topological polar surface area (TPSA) is 107 Å². The molecule has 0 saturated carbocycles. The normalized spacial score (nSPS) is 23.6. The molecule has 1 aromatic carbocycles. The van der Waals surface area contributed by atoms with Gasteiger partial charge in [0.15, 0.2) is 5.60 Å². The van der Waals surface area contributed by atoms with Crippen molar-refractivity contribution in [2.75, 3.05) is 19.6 Å². The van der Waals surface area contributed by atoms with Gasteiger partial charge in [0.1, 0.15) is 0 Å². The summed E-state index contributed by atoms with van der Waals surface area (Å²) in [6, 6.07) is 4.67. The standard InChI is InChI=1S/C21H23F3N2O5S2.ClH/c1-19(29,21(22,23)24)14-6-8-15(9-7-14)20(12-18(27)28)13-26(11-10-25-20)33(30,31)17-5-3-2-4-16(17)32;/h2-3,5-9,25,29H,4,10-13H2,1H3,(H,27,28);1H/t19?,20-;/m1./s1. The van der Waals surface area contributed by atoms with Gasteiger partial charge < -0.3 is 15.5 Å². The van der Waals surface area contributed by atoms with Crippen LogP contribution in [-0.2, 0) is 26.0 Å². The molecule has 1 saturated heterocycles. The number of hydrogen-bond acceptors (Lipinski definition) is 6. The van der Waals surface area contributed by atoms with Crippen LogP contribution >= 0.6 is 24.6 Å². The van der Waals surface area contributed by atoms with Crippen LogP contribution < -0.4 is 5.32 Å². The Kier molecular flexibility index (Phi) is 8.39. The van der Waals surface area contributed by atoms with Crippen molar-refractivity contribution in [3.8, 4) is 0 Å². The Morgan fingerprint density at radius 3 is 2.41 bits per heavy atom. The number of thiocarbonyl (C=S) groups is 1. The maximum atomic E-state index is 13.3. The summed E-state index contributed by atoms with van der Waals surface area (Å²) in [5.41, 5.74) is -4.63. The molecule has 0 amide bonds. The summed E-state index contributed by atoms with van der Waals surface area (Å²) in [6.45, 7) is 0.538. The molecule has 1 aromatic rings. The first-order valence-electron chi connectivity index (χ1n) is 9.98. The van der Waals surface area contributed by atoms with Crippen LogP contribution in [-0.4, -0.2) is 59.6 Å². The van der Waals surface area contributed by atoms with Gasteiger partial charge in [-0.15, -0.1) is 12.4 Å². The van der Waals surface area contributed by atoms with E-state index in [-0.39, 0.29) is 47.4 Å². The molecule has 1 unspecified atom stereocenters. The van der Waals surface area contributed by atoms with Gasteiger partial charge in [0.05, 0.1) is 16.9 Å². The number of halogens is 4. The highest BCUT2D eigenvalue weighted by atomic mass is 35.5. The molecule has 1 aliphatic carbocycles. The number of rotatable bonds is 6. The number of carboxylic acid groups (broad SMARTS) is 1. The maximum absolute atomic E-state index is 13.3. The number of piperazine rings is 1. The summed E-state index contributed by atoms with van der Waals surface area (Å²) in [5, 5.41) is 22.5. The van der Waals surface area contributed by atoms with Gasteiger partial charge in [0.2, 0.25) is 10.0 Å². The van der Waals surface area contributed by atoms with E-state index in [4.69, 9.17) is 12.2 Å². The molecular formula is C21H24ClF3N2O5S2. The number of sulfonamides is 1. The third-order valence-corrected chi connectivity index (χ3v) is 8.30. The lowest BCUT2D eigenvalue weighted by molar-refractivity contribution is -0.258. The minimum atomic E-state index is -4.91. The Bertz CT molecular complexity index is 1120. The fraction of sp³-hybridized carbons (Fsp3) is 0.429. The Balaban J connectivity index is 0.00000408. The summed E-state index contributed by atoms with van der Waals surface area (Å²) < 4.78 is 67.2. The highest BCUT2D eigenvalue weighted by molar-refractivity contribution is 7.96. The second kappa shape index (κ2) is 10.0. The fourth-order valence-electron chi connectivity index (χ4n) is 3.90. The van der Waals surface area contributed by atoms with Crippen LogP contribution in [0.2, 0.25) is 0 Å². The monoisotopic (exact) mass is 540 g/mol. The van der Waals surface area contributed by atoms with Crippen molar-refractivity contribution in [2.24, 2.45) is 0 Å². The Morgan fingerprint density at radius 2 is 1.88 bits per heavy atom. The van der Waals surface area contributed by atoms with Crippen LogP contribution in [0.15, 0.2) is 47.4 Å². The molecule has 188 valence electrons. The second-order valence-corrected chi connectivity index (χ2v) is 10.6. The van der Waals surface area contributed by atoms with Gasteiger partial charge in [-0.05, 0) is 24.1 Å². The molecule has 0 radical (unpaired) electrons. The number of allylic oxidation sites excluding steroid dienone is 4. The van der Waals surface area contributed by atoms with Crippen molar-refractivity contribution >= 4 is 45.5 Å². The molecule has 0 spiro atoms. The Labute approximate surface area is 206 Å². The quantitative estimate of drug-likeness (QED) is 0.476. The summed E-state index contributed by atoms with van der Waals surface area (Å²) in [7, 11) is -4.02. The molecule has 34 heavy (non-hydrogen) atoms. The lowest BCUT2D eigenvalue weighted by Gasteiger charge is -2.43. The fourth-order valence-corrected chi connectivity index (χ4v) is 6.01. The molecule has 1 heterocycles. The lowest BCUT2D eigenvalue weighted by atomic mass is 9.83. The highest BCUT2D eigenvalue weighted by Crippen LogP contribution is 2.39. The van der Waals surface area contributed by atoms with Gasteiger partial charge in [-0.25, -0.2) is 8.42 Å². The lowest BCUT2D eigenvalue weighted by Crippen LogP contribution is -2.60. The number of alkyl halides is 3. The van der Waals surface area contributed by atoms with Crippen LogP contribution in [0.5, 0.6) is 0 Å². The largest absolute Gasteiger partial charge is 0.481 e. The third kappa shape index (κ3) is 5.37. The van der Waals surface area contributed by atoms with Gasteiger partial charge in [-0.1, -0.05) is 48.6 Å². The molecular weight excluding hydrogens is 517 g/mol. The van der Waals surface area contributed by atoms with Crippen molar-refractivity contribution in [3.63, 3.8) is 0 Å². The molecule has 1 fully saturated rings. The first kappa shape index (κ1) is 28.4. The molecule has 1 aliphatic heterocycles. The Hall–Kier alpha value is -1.83. The zero-order valence-corrected chi connectivity index (χ0v) is 20.5. The minimum absolute atomic E-state index is 0. The number of nitrogens with one attached hydrogen (secondary N) is 1. The summed E-state index contributed by atoms with van der Waals surface area (Å²) in [6.07, 6.45) is -0.422. The smallest absolute Gasteiger partial charge is 0.421 e. The average molecular weight is 541 g/mol. The molecule has 2 atom stereocenters. The van der Waals surface area contributed by atoms with Crippen molar-refractivity contribution in [2.45, 2.75) is 37.1 Å². The van der Waals surface area contributed by atoms with Gasteiger partial charge in [-0.3, -0.25) is 4.79 Å². The van der Waals surface area contributed by atoms with E-state index in [0.717, 1.165) is 16.4 Å². The third-order valence-electron chi connectivity index (χ3n) is 5.86. The van der Waals surface area contributed by atoms with Gasteiger partial charge in [0, 0.05) is 30.9 Å². The van der Waals surface area contributed by atoms with Crippen LogP contribution in [0.25, 0.3) is 0 Å². The van der Waals surface area contributed by atoms with E-state index >= 15 is 0 Å². The number of benzene rings is 1. The number of aliphatic hydroxyl groups is 1. The maximum Gasteiger partial charge on any atom is 0.421 e. The molecule has 7 nitrogen and oxygen atoms in total. The number of carbonyl (C=O) groups is 1. The van der Waals surface area contributed by atoms with Crippen molar-refractivity contribution in [1.82, 2.24) is 9.62 Å². The number of nitrogens with zero attached hydrogens (tertiary/aromatic N) is 1. The van der Waals surface area contributed by atoms with E-state index in [1.807, 2.05) is 0 Å². The molecule has 0 bridgehead atoms. The predicted octanol–water partition coefficient (Wildman–Crippen LogP) is 3.00. The zero-order valence-electron chi connectivity index (χ0n) is 18.0. The van der Waals surface area contributed by atoms with Crippen LogP contribution in [0.4, 0.5) is 13.2 Å². The molecule has 3 N–H and O–H groups in total. The van der Waals surface area contributed by atoms with Crippen LogP contribution in [0.1, 0.15) is 30.9 Å². The van der Waals surface area contributed by atoms with E-state index in [1.54, 1.807) is 12.2 Å². The van der Waals surface area contributed by atoms with E-state index in [0.29, 0.717) is 13.3 Å². The van der Waals surface area contributed by atoms with Crippen LogP contribution in [0.3, 0.4) is 0 Å². The summed E-state index contributed by atoms with van der Waals surface area (Å²) >= 11 is 5.19. The van der Waals surface area contributed by atoms with Crippen molar-refractivity contribution in [3.05, 3.63) is 58.5 Å². The summed E-state index contributed by atoms with van der Waals surface area (Å²) in [5.74, 6) is -1.22. The number of aliphatic carboxylic acids is 1. The first-order valence-corrected chi connectivity index (χ1v) is 11.8. The Morgan fingerprint density at radius 1 is 1.26 bits per heavy atom. The van der Waals surface area contributed by atoms with E-state index in [2.05, 4.69) is 5.32 Å². The van der Waals surface area contributed by atoms with E-state index in [1.165, 1.54) is 18.2 Å². The van der Waals surface area contributed by atoms with E-state index < -0.39 is 45.3 Å². The zero-order chi connectivity index (χ0) is 24.7. The number of hydrogen-bond donors (Lipinski definition) is 3. The second-order valence-electron chi connectivity index (χ2n) is 8.15. The van der Waals surface area contributed by atoms with Crippen molar-refractivity contribution in [1.29, 1.82) is 0 Å². The molecule has 0 aromatic heterocycles. The van der Waals surface area contributed by atoms with Crippen molar-refractivity contribution < 1.29 is 36.6 Å². The first-order chi connectivity index (χ1) is 15.2. The molecule has 3 rings (SSSR count). The van der Waals surface area contributed by atoms with Gasteiger partial charge >= 0.3 is 12.1 Å². The molecule has 2 aliphatic rings. The number of carboxylic acids is 1. The molecule has 13 heteroatoms. The van der Waals surface area contributed by atoms with Crippen LogP contribution in [0, 0.1) is 0 Å². The van der Waals surface area contributed by atoms with E-state index in [9.17, 15) is 36.6 Å². The van der Waals surface area contributed by atoms with Gasteiger partial charge in [-0.2, -0.15) is 17.5 Å². The SMILES string of the molecule is CC(O)(c1ccc([C@@]2(CC(=O)O)CN(S(=O)(=O)C3=CC=CCC3=S)CCN2)cc1)C(F)(F)F.Cl. The van der Waals surface area contributed by atoms with Gasteiger partial charge in [0.25, 0.3) is 0 Å².